The second kappa shape index (κ2) is 6.02. The summed E-state index contributed by atoms with van der Waals surface area (Å²) in [5.41, 5.74) is 5.73. The van der Waals surface area contributed by atoms with Crippen LogP contribution in [0.4, 0.5) is 0 Å². The van der Waals surface area contributed by atoms with Crippen molar-refractivity contribution >= 4 is 39.3 Å². The Balaban J connectivity index is 1.68. The van der Waals surface area contributed by atoms with Gasteiger partial charge in [0.1, 0.15) is 5.69 Å². The van der Waals surface area contributed by atoms with Gasteiger partial charge in [-0.15, -0.1) is 0 Å². The maximum Gasteiger partial charge on any atom is 0.286 e. The zero-order valence-electron chi connectivity index (χ0n) is 12.4. The largest absolute Gasteiger partial charge is 0.345 e. The van der Waals surface area contributed by atoms with E-state index >= 15 is 0 Å². The van der Waals surface area contributed by atoms with Crippen molar-refractivity contribution in [3.63, 3.8) is 0 Å². The number of nitrogens with one attached hydrogen (secondary N) is 2. The zero-order chi connectivity index (χ0) is 16.6. The van der Waals surface area contributed by atoms with Crippen LogP contribution in [-0.4, -0.2) is 16.4 Å². The first kappa shape index (κ1) is 16.1. The summed E-state index contributed by atoms with van der Waals surface area (Å²) in [7, 11) is 1.76. The molecule has 2 amide bonds. The molecule has 7 heteroatoms. The maximum absolute atomic E-state index is 12.5. The van der Waals surface area contributed by atoms with E-state index in [0.29, 0.717) is 10.7 Å². The summed E-state index contributed by atoms with van der Waals surface area (Å²) in [6.07, 6.45) is 3.25. The molecule has 0 spiro atoms. The fourth-order valence-corrected chi connectivity index (χ4v) is 3.32. The summed E-state index contributed by atoms with van der Waals surface area (Å²) in [5, 5.41) is 0.597. The third-order valence-corrected chi connectivity index (χ3v) is 4.72. The van der Waals surface area contributed by atoms with E-state index in [1.165, 1.54) is 0 Å². The first-order valence-electron chi connectivity index (χ1n) is 7.11. The predicted molar refractivity (Wildman–Crippen MR) is 91.1 cm³/mol. The molecule has 2 aromatic rings. The molecule has 1 saturated carbocycles. The van der Waals surface area contributed by atoms with Gasteiger partial charge in [-0.1, -0.05) is 23.7 Å². The molecule has 120 valence electrons. The van der Waals surface area contributed by atoms with E-state index in [2.05, 4.69) is 26.8 Å². The van der Waals surface area contributed by atoms with Gasteiger partial charge in [0.05, 0.1) is 5.41 Å². The van der Waals surface area contributed by atoms with Gasteiger partial charge in [0.25, 0.3) is 5.91 Å². The lowest BCUT2D eigenvalue weighted by Gasteiger charge is -2.16. The molecule has 0 aliphatic heterocycles. The van der Waals surface area contributed by atoms with Gasteiger partial charge in [-0.05, 0) is 52.5 Å². The Hall–Kier alpha value is -1.79. The number of aromatic nitrogens is 1. The molecule has 1 aliphatic carbocycles. The highest BCUT2D eigenvalue weighted by molar-refractivity contribution is 9.10. The van der Waals surface area contributed by atoms with E-state index < -0.39 is 5.41 Å². The molecule has 0 radical (unpaired) electrons. The molecule has 1 aromatic heterocycles. The summed E-state index contributed by atoms with van der Waals surface area (Å²) < 4.78 is 2.48. The van der Waals surface area contributed by atoms with Crippen LogP contribution in [0.3, 0.4) is 0 Å². The SMILES string of the molecule is Cn1cc(Br)cc1C(=O)NNC(=O)C1(c2cccc(Cl)c2)CC1. The normalized spacial score (nSPS) is 15.1. The third kappa shape index (κ3) is 3.14. The van der Waals surface area contributed by atoms with E-state index in [-0.39, 0.29) is 11.8 Å². The zero-order valence-corrected chi connectivity index (χ0v) is 14.7. The second-order valence-electron chi connectivity index (χ2n) is 5.66. The van der Waals surface area contributed by atoms with Gasteiger partial charge >= 0.3 is 0 Å². The van der Waals surface area contributed by atoms with Gasteiger partial charge in [0.15, 0.2) is 0 Å². The van der Waals surface area contributed by atoms with Crippen molar-refractivity contribution in [2.24, 2.45) is 7.05 Å². The number of benzene rings is 1. The lowest BCUT2D eigenvalue weighted by atomic mass is 9.95. The van der Waals surface area contributed by atoms with Gasteiger partial charge in [0.2, 0.25) is 5.91 Å². The van der Waals surface area contributed by atoms with Crippen LogP contribution in [0, 0.1) is 0 Å². The molecule has 5 nitrogen and oxygen atoms in total. The highest BCUT2D eigenvalue weighted by Crippen LogP contribution is 2.48. The number of carbonyl (C=O) groups is 2. The van der Waals surface area contributed by atoms with Crippen LogP contribution in [0.2, 0.25) is 5.02 Å². The Kier molecular flexibility index (Phi) is 4.21. The fourth-order valence-electron chi connectivity index (χ4n) is 2.61. The summed E-state index contributed by atoms with van der Waals surface area (Å²) >= 11 is 9.31. The van der Waals surface area contributed by atoms with Crippen LogP contribution in [0.15, 0.2) is 41.0 Å². The summed E-state index contributed by atoms with van der Waals surface area (Å²) in [6, 6.07) is 8.96. The molecule has 23 heavy (non-hydrogen) atoms. The number of rotatable bonds is 3. The summed E-state index contributed by atoms with van der Waals surface area (Å²) in [5.74, 6) is -0.588. The highest BCUT2D eigenvalue weighted by Gasteiger charge is 2.51. The summed E-state index contributed by atoms with van der Waals surface area (Å²) in [4.78, 5) is 24.6. The maximum atomic E-state index is 12.5. The number of carbonyl (C=O) groups excluding carboxylic acids is 2. The number of halogens is 2. The topological polar surface area (TPSA) is 63.1 Å². The number of hydrogen-bond donors (Lipinski definition) is 2. The molecular weight excluding hydrogens is 382 g/mol. The average molecular weight is 397 g/mol. The predicted octanol–water partition coefficient (Wildman–Crippen LogP) is 2.93. The van der Waals surface area contributed by atoms with Crippen LogP contribution in [0.25, 0.3) is 0 Å². The molecule has 0 atom stereocenters. The molecular formula is C16H15BrClN3O2. The van der Waals surface area contributed by atoms with Gasteiger partial charge in [0, 0.05) is 22.7 Å². The molecule has 1 fully saturated rings. The van der Waals surface area contributed by atoms with Crippen LogP contribution in [-0.2, 0) is 17.3 Å². The molecule has 3 rings (SSSR count). The van der Waals surface area contributed by atoms with Crippen LogP contribution >= 0.6 is 27.5 Å². The van der Waals surface area contributed by atoms with Crippen LogP contribution in [0.5, 0.6) is 0 Å². The average Bonchev–Trinajstić information content (AvgIpc) is 3.25. The van der Waals surface area contributed by atoms with Crippen molar-refractivity contribution < 1.29 is 9.59 Å². The molecule has 1 aliphatic rings. The quantitative estimate of drug-likeness (QED) is 0.784. The molecule has 1 aromatic carbocycles. The van der Waals surface area contributed by atoms with E-state index in [9.17, 15) is 9.59 Å². The molecule has 2 N–H and O–H groups in total. The smallest absolute Gasteiger partial charge is 0.286 e. The van der Waals surface area contributed by atoms with Crippen molar-refractivity contribution in [1.29, 1.82) is 0 Å². The van der Waals surface area contributed by atoms with Gasteiger partial charge in [-0.25, -0.2) is 0 Å². The van der Waals surface area contributed by atoms with Crippen molar-refractivity contribution in [1.82, 2.24) is 15.4 Å². The number of aryl methyl sites for hydroxylation is 1. The second-order valence-corrected chi connectivity index (χ2v) is 7.01. The standard InChI is InChI=1S/C16H15BrClN3O2/c1-21-9-11(17)8-13(21)14(22)19-20-15(23)16(5-6-16)10-3-2-4-12(18)7-10/h2-4,7-9H,5-6H2,1H3,(H,19,22)(H,20,23). The number of hydrazine groups is 1. The van der Waals surface area contributed by atoms with Crippen molar-refractivity contribution in [3.8, 4) is 0 Å². The Morgan fingerprint density at radius 1 is 1.26 bits per heavy atom. The number of amides is 2. The van der Waals surface area contributed by atoms with Crippen molar-refractivity contribution in [3.05, 3.63) is 57.3 Å². The van der Waals surface area contributed by atoms with E-state index in [1.807, 2.05) is 12.1 Å². The molecule has 1 heterocycles. The minimum Gasteiger partial charge on any atom is -0.345 e. The van der Waals surface area contributed by atoms with Gasteiger partial charge in [-0.3, -0.25) is 20.4 Å². The summed E-state index contributed by atoms with van der Waals surface area (Å²) in [6.45, 7) is 0. The van der Waals surface area contributed by atoms with Gasteiger partial charge in [-0.2, -0.15) is 0 Å². The Bertz CT molecular complexity index is 783. The molecule has 0 saturated heterocycles. The monoisotopic (exact) mass is 395 g/mol. The van der Waals surface area contributed by atoms with Gasteiger partial charge < -0.3 is 4.57 Å². The number of hydrogen-bond acceptors (Lipinski definition) is 2. The first-order chi connectivity index (χ1) is 10.9. The minimum absolute atomic E-state index is 0.221. The van der Waals surface area contributed by atoms with E-state index in [4.69, 9.17) is 11.6 Å². The Morgan fingerprint density at radius 2 is 2.00 bits per heavy atom. The van der Waals surface area contributed by atoms with E-state index in [1.54, 1.807) is 36.0 Å². The van der Waals surface area contributed by atoms with E-state index in [0.717, 1.165) is 22.9 Å². The molecule has 0 bridgehead atoms. The lowest BCUT2D eigenvalue weighted by Crippen LogP contribution is -2.46. The Labute approximate surface area is 147 Å². The van der Waals surface area contributed by atoms with Crippen LogP contribution < -0.4 is 10.9 Å². The first-order valence-corrected chi connectivity index (χ1v) is 8.28. The van der Waals surface area contributed by atoms with Crippen LogP contribution in [0.1, 0.15) is 28.9 Å². The minimum atomic E-state index is -0.590. The van der Waals surface area contributed by atoms with Crippen molar-refractivity contribution in [2.75, 3.05) is 0 Å². The number of nitrogens with zero attached hydrogens (tertiary/aromatic N) is 1. The highest BCUT2D eigenvalue weighted by atomic mass is 79.9. The van der Waals surface area contributed by atoms with Crippen molar-refractivity contribution in [2.45, 2.75) is 18.3 Å². The Morgan fingerprint density at radius 3 is 2.57 bits per heavy atom. The fraction of sp³-hybridized carbons (Fsp3) is 0.250. The third-order valence-electron chi connectivity index (χ3n) is 4.06. The lowest BCUT2D eigenvalue weighted by molar-refractivity contribution is -0.124. The molecule has 0 unspecified atom stereocenters.